The van der Waals surface area contributed by atoms with Crippen LogP contribution in [0, 0.1) is 0 Å². The van der Waals surface area contributed by atoms with E-state index in [1.165, 1.54) is 18.2 Å². The van der Waals surface area contributed by atoms with Gasteiger partial charge in [0.1, 0.15) is 0 Å². The molecular weight excluding hydrogens is 274 g/mol. The van der Waals surface area contributed by atoms with Gasteiger partial charge in [0.2, 0.25) is 0 Å². The predicted molar refractivity (Wildman–Crippen MR) is 65.1 cm³/mol. The number of hydrogen-bond acceptors (Lipinski definition) is 3. The van der Waals surface area contributed by atoms with Crippen LogP contribution < -0.4 is 0 Å². The molecule has 4 nitrogen and oxygen atoms in total. The molecule has 1 aromatic rings. The highest BCUT2D eigenvalue weighted by Gasteiger charge is 2.14. The lowest BCUT2D eigenvalue weighted by Gasteiger charge is -2.19. The van der Waals surface area contributed by atoms with E-state index < -0.39 is 0 Å². The quantitative estimate of drug-likeness (QED) is 0.657. The largest absolute Gasteiger partial charge is 0.504 e. The normalized spacial score (nSPS) is 10.1. The van der Waals surface area contributed by atoms with E-state index in [0.29, 0.717) is 24.0 Å². The number of nitrogens with zero attached hydrogens (tertiary/aromatic N) is 1. The van der Waals surface area contributed by atoms with Crippen molar-refractivity contribution >= 4 is 21.8 Å². The first-order valence-electron chi connectivity index (χ1n) is 4.97. The molecule has 0 aromatic heterocycles. The first-order valence-corrected chi connectivity index (χ1v) is 6.09. The maximum Gasteiger partial charge on any atom is 0.254 e. The summed E-state index contributed by atoms with van der Waals surface area (Å²) >= 11 is 3.27. The van der Waals surface area contributed by atoms with Crippen LogP contribution in [0.3, 0.4) is 0 Å². The molecule has 0 heterocycles. The zero-order valence-corrected chi connectivity index (χ0v) is 10.6. The third kappa shape index (κ3) is 2.88. The van der Waals surface area contributed by atoms with Crippen molar-refractivity contribution in [1.29, 1.82) is 0 Å². The molecule has 0 aliphatic rings. The molecule has 0 aliphatic carbocycles. The lowest BCUT2D eigenvalue weighted by Crippen LogP contribution is -2.32. The molecule has 16 heavy (non-hydrogen) atoms. The van der Waals surface area contributed by atoms with Crippen LogP contribution in [0.1, 0.15) is 17.3 Å². The number of alkyl halides is 1. The highest BCUT2D eigenvalue weighted by molar-refractivity contribution is 9.09. The van der Waals surface area contributed by atoms with Crippen LogP contribution >= 0.6 is 15.9 Å². The number of halogens is 1. The molecule has 0 fully saturated rings. The van der Waals surface area contributed by atoms with E-state index >= 15 is 0 Å². The molecule has 2 N–H and O–H groups in total. The third-order valence-corrected chi connectivity index (χ3v) is 2.60. The first kappa shape index (κ1) is 12.8. The van der Waals surface area contributed by atoms with E-state index in [1.54, 1.807) is 4.90 Å². The summed E-state index contributed by atoms with van der Waals surface area (Å²) in [5, 5.41) is 19.2. The van der Waals surface area contributed by atoms with Crippen LogP contribution in [-0.2, 0) is 0 Å². The van der Waals surface area contributed by atoms with Crippen molar-refractivity contribution in [2.45, 2.75) is 6.92 Å². The second-order valence-corrected chi connectivity index (χ2v) is 4.07. The number of phenols is 2. The Hall–Kier alpha value is -1.23. The Labute approximate surface area is 103 Å². The van der Waals surface area contributed by atoms with Crippen molar-refractivity contribution < 1.29 is 15.0 Å². The lowest BCUT2D eigenvalue weighted by molar-refractivity contribution is 0.0774. The number of aromatic hydroxyl groups is 2. The minimum Gasteiger partial charge on any atom is -0.504 e. The molecule has 0 bridgehead atoms. The van der Waals surface area contributed by atoms with Crippen LogP contribution in [-0.4, -0.2) is 39.4 Å². The van der Waals surface area contributed by atoms with Gasteiger partial charge in [0, 0.05) is 24.0 Å². The van der Waals surface area contributed by atoms with Crippen molar-refractivity contribution in [2.24, 2.45) is 0 Å². The van der Waals surface area contributed by atoms with Gasteiger partial charge < -0.3 is 15.1 Å². The topological polar surface area (TPSA) is 60.8 Å². The predicted octanol–water partition coefficient (Wildman–Crippen LogP) is 1.95. The average Bonchev–Trinajstić information content (AvgIpc) is 2.28. The summed E-state index contributed by atoms with van der Waals surface area (Å²) in [5.74, 6) is -0.655. The zero-order valence-electron chi connectivity index (χ0n) is 8.98. The molecule has 0 saturated heterocycles. The fourth-order valence-electron chi connectivity index (χ4n) is 1.34. The van der Waals surface area contributed by atoms with E-state index in [9.17, 15) is 9.90 Å². The molecule has 0 spiro atoms. The second-order valence-electron chi connectivity index (χ2n) is 3.28. The molecule has 1 aromatic carbocycles. The van der Waals surface area contributed by atoms with Gasteiger partial charge in [-0.2, -0.15) is 0 Å². The summed E-state index contributed by atoms with van der Waals surface area (Å²) in [6.45, 7) is 3.10. The van der Waals surface area contributed by atoms with E-state index in [0.717, 1.165) is 0 Å². The standard InChI is InChI=1S/C11H14BrNO3/c1-2-13(6-5-12)11(16)8-3-4-9(14)10(15)7-8/h3-4,7,14-15H,2,5-6H2,1H3. The van der Waals surface area contributed by atoms with Gasteiger partial charge in [-0.1, -0.05) is 15.9 Å². The average molecular weight is 288 g/mol. The Balaban J connectivity index is 2.90. The van der Waals surface area contributed by atoms with Gasteiger partial charge in [0.25, 0.3) is 5.91 Å². The Morgan fingerprint density at radius 1 is 1.38 bits per heavy atom. The van der Waals surface area contributed by atoms with Crippen LogP contribution in [0.25, 0.3) is 0 Å². The maximum absolute atomic E-state index is 11.9. The fraction of sp³-hybridized carbons (Fsp3) is 0.364. The lowest BCUT2D eigenvalue weighted by atomic mass is 10.1. The zero-order chi connectivity index (χ0) is 12.1. The van der Waals surface area contributed by atoms with Crippen molar-refractivity contribution in [3.8, 4) is 11.5 Å². The Bertz CT molecular complexity index is 381. The Kier molecular flexibility index (Phi) is 4.61. The van der Waals surface area contributed by atoms with Crippen molar-refractivity contribution in [1.82, 2.24) is 4.90 Å². The fourth-order valence-corrected chi connectivity index (χ4v) is 1.77. The van der Waals surface area contributed by atoms with Crippen LogP contribution in [0.2, 0.25) is 0 Å². The van der Waals surface area contributed by atoms with Crippen molar-refractivity contribution in [2.75, 3.05) is 18.4 Å². The summed E-state index contributed by atoms with van der Waals surface area (Å²) in [4.78, 5) is 13.6. The number of phenolic OH excluding ortho intramolecular Hbond substituents is 2. The highest BCUT2D eigenvalue weighted by atomic mass is 79.9. The van der Waals surface area contributed by atoms with Gasteiger partial charge in [-0.05, 0) is 25.1 Å². The number of benzene rings is 1. The number of carbonyl (C=O) groups excluding carboxylic acids is 1. The van der Waals surface area contributed by atoms with Crippen LogP contribution in [0.5, 0.6) is 11.5 Å². The minimum absolute atomic E-state index is 0.155. The molecule has 0 unspecified atom stereocenters. The molecule has 0 atom stereocenters. The molecule has 1 amide bonds. The van der Waals surface area contributed by atoms with Crippen molar-refractivity contribution in [3.05, 3.63) is 23.8 Å². The van der Waals surface area contributed by atoms with E-state index in [1.807, 2.05) is 6.92 Å². The molecule has 0 aliphatic heterocycles. The smallest absolute Gasteiger partial charge is 0.254 e. The number of hydrogen-bond donors (Lipinski definition) is 2. The third-order valence-electron chi connectivity index (χ3n) is 2.25. The van der Waals surface area contributed by atoms with Gasteiger partial charge in [0.15, 0.2) is 11.5 Å². The van der Waals surface area contributed by atoms with Crippen molar-refractivity contribution in [3.63, 3.8) is 0 Å². The summed E-state index contributed by atoms with van der Waals surface area (Å²) in [5.41, 5.74) is 0.373. The Morgan fingerprint density at radius 3 is 2.56 bits per heavy atom. The number of amides is 1. The molecule has 0 radical (unpaired) electrons. The highest BCUT2D eigenvalue weighted by Crippen LogP contribution is 2.25. The van der Waals surface area contributed by atoms with Gasteiger partial charge in [-0.3, -0.25) is 4.79 Å². The van der Waals surface area contributed by atoms with E-state index in [4.69, 9.17) is 5.11 Å². The number of carbonyl (C=O) groups is 1. The van der Waals surface area contributed by atoms with Crippen LogP contribution in [0.15, 0.2) is 18.2 Å². The second kappa shape index (κ2) is 5.75. The minimum atomic E-state index is -0.277. The molecule has 0 saturated carbocycles. The summed E-state index contributed by atoms with van der Waals surface area (Å²) in [6.07, 6.45) is 0. The SMILES string of the molecule is CCN(CCBr)C(=O)c1ccc(O)c(O)c1. The molecule has 1 rings (SSSR count). The van der Waals surface area contributed by atoms with E-state index in [-0.39, 0.29) is 17.4 Å². The van der Waals surface area contributed by atoms with Gasteiger partial charge >= 0.3 is 0 Å². The molecule has 5 heteroatoms. The maximum atomic E-state index is 11.9. The first-order chi connectivity index (χ1) is 7.60. The monoisotopic (exact) mass is 287 g/mol. The number of rotatable bonds is 4. The van der Waals surface area contributed by atoms with Gasteiger partial charge in [0.05, 0.1) is 0 Å². The van der Waals surface area contributed by atoms with E-state index in [2.05, 4.69) is 15.9 Å². The van der Waals surface area contributed by atoms with Crippen LogP contribution in [0.4, 0.5) is 0 Å². The van der Waals surface area contributed by atoms with Gasteiger partial charge in [-0.15, -0.1) is 0 Å². The van der Waals surface area contributed by atoms with Gasteiger partial charge in [-0.25, -0.2) is 0 Å². The summed E-state index contributed by atoms with van der Waals surface area (Å²) in [6, 6.07) is 4.08. The summed E-state index contributed by atoms with van der Waals surface area (Å²) in [7, 11) is 0. The molecule has 88 valence electrons. The Morgan fingerprint density at radius 2 is 2.06 bits per heavy atom. The summed E-state index contributed by atoms with van der Waals surface area (Å²) < 4.78 is 0. The molecular formula is C11H14BrNO3.